The third-order valence-corrected chi connectivity index (χ3v) is 2.98. The predicted molar refractivity (Wildman–Crippen MR) is 63.4 cm³/mol. The molecule has 0 spiro atoms. The van der Waals surface area contributed by atoms with E-state index in [0.29, 0.717) is 12.8 Å². The van der Waals surface area contributed by atoms with E-state index in [1.54, 1.807) is 18.5 Å². The Morgan fingerprint density at radius 3 is 2.38 bits per heavy atom. The molecule has 16 heavy (non-hydrogen) atoms. The van der Waals surface area contributed by atoms with E-state index in [9.17, 15) is 9.90 Å². The van der Waals surface area contributed by atoms with Crippen molar-refractivity contribution >= 4 is 5.97 Å². The van der Waals surface area contributed by atoms with Crippen LogP contribution in [0.1, 0.15) is 45.1 Å². The Morgan fingerprint density at radius 2 is 2.00 bits per heavy atom. The molecule has 3 nitrogen and oxygen atoms in total. The first-order valence-electron chi connectivity index (χ1n) is 5.81. The Bertz CT molecular complexity index is 329. The molecule has 0 aliphatic heterocycles. The van der Waals surface area contributed by atoms with E-state index in [0.717, 1.165) is 18.4 Å². The Labute approximate surface area is 96.5 Å². The van der Waals surface area contributed by atoms with Crippen molar-refractivity contribution in [3.63, 3.8) is 0 Å². The second-order valence-electron chi connectivity index (χ2n) is 4.13. The molecular formula is C13H19NO2. The normalized spacial score (nSPS) is 11.4. The molecule has 0 aliphatic rings. The van der Waals surface area contributed by atoms with Gasteiger partial charge in [0.1, 0.15) is 0 Å². The van der Waals surface area contributed by atoms with Crippen molar-refractivity contribution in [2.45, 2.75) is 44.9 Å². The van der Waals surface area contributed by atoms with E-state index in [-0.39, 0.29) is 0 Å². The highest BCUT2D eigenvalue weighted by Gasteiger charge is 2.38. The van der Waals surface area contributed by atoms with E-state index in [4.69, 9.17) is 0 Å². The zero-order chi connectivity index (χ0) is 12.0. The van der Waals surface area contributed by atoms with Crippen LogP contribution in [-0.4, -0.2) is 16.1 Å². The molecule has 1 heterocycles. The highest BCUT2D eigenvalue weighted by atomic mass is 16.4. The fourth-order valence-corrected chi connectivity index (χ4v) is 2.25. The third kappa shape index (κ3) is 2.40. The van der Waals surface area contributed by atoms with Crippen LogP contribution >= 0.6 is 0 Å². The summed E-state index contributed by atoms with van der Waals surface area (Å²) in [6.07, 6.45) is 6.42. The Kier molecular flexibility index (Phi) is 4.47. The minimum Gasteiger partial charge on any atom is -0.481 e. The van der Waals surface area contributed by atoms with E-state index < -0.39 is 11.4 Å². The van der Waals surface area contributed by atoms with Crippen molar-refractivity contribution in [3.05, 3.63) is 30.1 Å². The number of hydrogen-bond acceptors (Lipinski definition) is 2. The Balaban J connectivity index is 3.15. The van der Waals surface area contributed by atoms with Crippen molar-refractivity contribution in [2.24, 2.45) is 0 Å². The number of aliphatic carboxylic acids is 1. The summed E-state index contributed by atoms with van der Waals surface area (Å²) >= 11 is 0. The van der Waals surface area contributed by atoms with E-state index >= 15 is 0 Å². The minimum absolute atomic E-state index is 0.669. The van der Waals surface area contributed by atoms with Crippen molar-refractivity contribution in [1.29, 1.82) is 0 Å². The van der Waals surface area contributed by atoms with Gasteiger partial charge in [-0.05, 0) is 24.5 Å². The van der Waals surface area contributed by atoms with Crippen molar-refractivity contribution in [1.82, 2.24) is 4.98 Å². The SMILES string of the molecule is CCCC(CCC)(C(=O)O)c1cccnc1. The van der Waals surface area contributed by atoms with Gasteiger partial charge in [-0.2, -0.15) is 0 Å². The molecule has 1 rings (SSSR count). The number of aromatic nitrogens is 1. The van der Waals surface area contributed by atoms with Gasteiger partial charge < -0.3 is 5.11 Å². The quantitative estimate of drug-likeness (QED) is 0.803. The van der Waals surface area contributed by atoms with Crippen LogP contribution in [0.2, 0.25) is 0 Å². The average molecular weight is 221 g/mol. The van der Waals surface area contributed by atoms with Gasteiger partial charge in [0.05, 0.1) is 5.41 Å². The highest BCUT2D eigenvalue weighted by Crippen LogP contribution is 2.34. The number of carbonyl (C=O) groups is 1. The molecular weight excluding hydrogens is 202 g/mol. The number of nitrogens with zero attached hydrogens (tertiary/aromatic N) is 1. The second-order valence-corrected chi connectivity index (χ2v) is 4.13. The smallest absolute Gasteiger partial charge is 0.314 e. The van der Waals surface area contributed by atoms with Crippen LogP contribution in [0.4, 0.5) is 0 Å². The maximum Gasteiger partial charge on any atom is 0.314 e. The van der Waals surface area contributed by atoms with E-state index in [1.807, 2.05) is 19.9 Å². The monoisotopic (exact) mass is 221 g/mol. The summed E-state index contributed by atoms with van der Waals surface area (Å²) in [6, 6.07) is 3.67. The third-order valence-electron chi connectivity index (χ3n) is 2.98. The lowest BCUT2D eigenvalue weighted by atomic mass is 9.74. The van der Waals surface area contributed by atoms with Gasteiger partial charge in [0.25, 0.3) is 0 Å². The zero-order valence-electron chi connectivity index (χ0n) is 9.94. The summed E-state index contributed by atoms with van der Waals surface area (Å²) in [6.45, 7) is 4.04. The van der Waals surface area contributed by atoms with Crippen molar-refractivity contribution in [3.8, 4) is 0 Å². The van der Waals surface area contributed by atoms with Gasteiger partial charge in [-0.1, -0.05) is 32.8 Å². The molecule has 0 amide bonds. The number of carboxylic acids is 1. The summed E-state index contributed by atoms with van der Waals surface area (Å²) in [5.74, 6) is -0.732. The van der Waals surface area contributed by atoms with E-state index in [2.05, 4.69) is 4.98 Å². The van der Waals surface area contributed by atoms with Crippen molar-refractivity contribution in [2.75, 3.05) is 0 Å². The molecule has 1 N–H and O–H groups in total. The maximum absolute atomic E-state index is 11.6. The predicted octanol–water partition coefficient (Wildman–Crippen LogP) is 3.00. The minimum atomic E-state index is -0.752. The number of rotatable bonds is 6. The fourth-order valence-electron chi connectivity index (χ4n) is 2.25. The van der Waals surface area contributed by atoms with Crippen molar-refractivity contribution < 1.29 is 9.90 Å². The highest BCUT2D eigenvalue weighted by molar-refractivity contribution is 5.81. The average Bonchev–Trinajstić information content (AvgIpc) is 2.29. The molecule has 0 bridgehead atoms. The van der Waals surface area contributed by atoms with Gasteiger partial charge >= 0.3 is 5.97 Å². The zero-order valence-corrected chi connectivity index (χ0v) is 9.94. The van der Waals surface area contributed by atoms with Crippen LogP contribution in [0.3, 0.4) is 0 Å². The number of pyridine rings is 1. The van der Waals surface area contributed by atoms with Crippen LogP contribution < -0.4 is 0 Å². The van der Waals surface area contributed by atoms with E-state index in [1.165, 1.54) is 0 Å². The summed E-state index contributed by atoms with van der Waals surface area (Å²) in [7, 11) is 0. The molecule has 1 aromatic heterocycles. The van der Waals surface area contributed by atoms with Crippen LogP contribution in [0.5, 0.6) is 0 Å². The molecule has 0 saturated carbocycles. The summed E-state index contributed by atoms with van der Waals surface area (Å²) < 4.78 is 0. The Morgan fingerprint density at radius 1 is 1.38 bits per heavy atom. The summed E-state index contributed by atoms with van der Waals surface area (Å²) in [4.78, 5) is 15.6. The van der Waals surface area contributed by atoms with Gasteiger partial charge in [-0.3, -0.25) is 9.78 Å². The second kappa shape index (κ2) is 5.64. The lowest BCUT2D eigenvalue weighted by Crippen LogP contribution is -2.35. The molecule has 3 heteroatoms. The van der Waals surface area contributed by atoms with Crippen LogP contribution in [0.15, 0.2) is 24.5 Å². The maximum atomic E-state index is 11.6. The molecule has 0 aromatic carbocycles. The first kappa shape index (κ1) is 12.7. The topological polar surface area (TPSA) is 50.2 Å². The van der Waals surface area contributed by atoms with Crippen LogP contribution in [0.25, 0.3) is 0 Å². The lowest BCUT2D eigenvalue weighted by molar-refractivity contribution is -0.144. The molecule has 0 unspecified atom stereocenters. The first-order chi connectivity index (χ1) is 7.67. The summed E-state index contributed by atoms with van der Waals surface area (Å²) in [5.41, 5.74) is 0.0730. The molecule has 0 saturated heterocycles. The van der Waals surface area contributed by atoms with Crippen LogP contribution in [-0.2, 0) is 10.2 Å². The molecule has 0 fully saturated rings. The Hall–Kier alpha value is -1.38. The molecule has 88 valence electrons. The molecule has 0 aliphatic carbocycles. The molecule has 0 radical (unpaired) electrons. The lowest BCUT2D eigenvalue weighted by Gasteiger charge is -2.29. The molecule has 1 aromatic rings. The van der Waals surface area contributed by atoms with Gasteiger partial charge in [0.2, 0.25) is 0 Å². The number of hydrogen-bond donors (Lipinski definition) is 1. The van der Waals surface area contributed by atoms with Gasteiger partial charge in [-0.15, -0.1) is 0 Å². The van der Waals surface area contributed by atoms with Gasteiger partial charge in [-0.25, -0.2) is 0 Å². The number of carboxylic acid groups (broad SMARTS) is 1. The van der Waals surface area contributed by atoms with Gasteiger partial charge in [0.15, 0.2) is 0 Å². The standard InChI is InChI=1S/C13H19NO2/c1-3-7-13(8-4-2,12(15)16)11-6-5-9-14-10-11/h5-6,9-10H,3-4,7-8H2,1-2H3,(H,15,16). The fraction of sp³-hybridized carbons (Fsp3) is 0.538. The first-order valence-corrected chi connectivity index (χ1v) is 5.81. The largest absolute Gasteiger partial charge is 0.481 e. The summed E-state index contributed by atoms with van der Waals surface area (Å²) in [5, 5.41) is 9.51. The van der Waals surface area contributed by atoms with Gasteiger partial charge in [0, 0.05) is 12.4 Å². The molecule has 0 atom stereocenters. The van der Waals surface area contributed by atoms with Crippen LogP contribution in [0, 0.1) is 0 Å².